The fourth-order valence-electron chi connectivity index (χ4n) is 5.75. The van der Waals surface area contributed by atoms with Crippen LogP contribution in [0.3, 0.4) is 0 Å². The van der Waals surface area contributed by atoms with Crippen LogP contribution in [0.15, 0.2) is 66.7 Å². The number of anilines is 1. The summed E-state index contributed by atoms with van der Waals surface area (Å²) in [6.45, 7) is 0. The van der Waals surface area contributed by atoms with Crippen LogP contribution in [-0.2, 0) is 0 Å². The van der Waals surface area contributed by atoms with Gasteiger partial charge in [-0.15, -0.1) is 0 Å². The third-order valence-electron chi connectivity index (χ3n) is 7.60. The molecule has 2 aliphatic carbocycles. The van der Waals surface area contributed by atoms with E-state index in [1.807, 2.05) is 0 Å². The molecule has 0 radical (unpaired) electrons. The van der Waals surface area contributed by atoms with E-state index in [1.54, 1.807) is 0 Å². The van der Waals surface area contributed by atoms with E-state index < -0.39 is 0 Å². The van der Waals surface area contributed by atoms with Crippen molar-refractivity contribution in [1.82, 2.24) is 0 Å². The monoisotopic (exact) mass is 409 g/mol. The number of benzene rings is 3. The van der Waals surface area contributed by atoms with E-state index in [0.29, 0.717) is 0 Å². The Hall–Kier alpha value is -2.54. The van der Waals surface area contributed by atoms with Crippen molar-refractivity contribution in [2.75, 3.05) is 5.73 Å². The number of nitrogen functional groups attached to an aromatic ring is 1. The molecule has 0 aliphatic heterocycles. The third kappa shape index (κ3) is 4.71. The quantitative estimate of drug-likeness (QED) is 0.428. The number of nitrogens with two attached hydrogens (primary N) is 1. The van der Waals surface area contributed by atoms with Gasteiger partial charge in [0.1, 0.15) is 0 Å². The Morgan fingerprint density at radius 2 is 0.839 bits per heavy atom. The molecule has 3 aromatic rings. The lowest BCUT2D eigenvalue weighted by atomic mass is 9.83. The second kappa shape index (κ2) is 9.30. The molecule has 2 aliphatic rings. The SMILES string of the molecule is Nc1cc(-c2ccc(C3CCCCC3)cc2)cc(-c2ccc(C3CCCCC3)cc2)c1. The van der Waals surface area contributed by atoms with Gasteiger partial charge in [-0.05, 0) is 89.1 Å². The first-order valence-electron chi connectivity index (χ1n) is 12.4. The van der Waals surface area contributed by atoms with Crippen molar-refractivity contribution in [3.05, 3.63) is 77.9 Å². The molecule has 0 atom stereocenters. The molecule has 0 amide bonds. The molecule has 1 heteroatoms. The largest absolute Gasteiger partial charge is 0.399 e. The van der Waals surface area contributed by atoms with Gasteiger partial charge < -0.3 is 5.73 Å². The second-order valence-corrected chi connectivity index (χ2v) is 9.76. The summed E-state index contributed by atoms with van der Waals surface area (Å²) in [6.07, 6.45) is 13.7. The summed E-state index contributed by atoms with van der Waals surface area (Å²) in [6, 6.07) is 25.0. The van der Waals surface area contributed by atoms with Crippen molar-refractivity contribution >= 4 is 5.69 Å². The highest BCUT2D eigenvalue weighted by Gasteiger charge is 2.16. The zero-order chi connectivity index (χ0) is 21.0. The zero-order valence-electron chi connectivity index (χ0n) is 18.7. The van der Waals surface area contributed by atoms with E-state index in [2.05, 4.69) is 66.7 Å². The highest BCUT2D eigenvalue weighted by Crippen LogP contribution is 2.36. The molecular formula is C30H35N. The topological polar surface area (TPSA) is 26.0 Å². The number of hydrogen-bond donors (Lipinski definition) is 1. The van der Waals surface area contributed by atoms with Crippen LogP contribution in [-0.4, -0.2) is 0 Å². The number of rotatable bonds is 4. The zero-order valence-corrected chi connectivity index (χ0v) is 18.7. The molecule has 0 aromatic heterocycles. The predicted molar refractivity (Wildman–Crippen MR) is 133 cm³/mol. The lowest BCUT2D eigenvalue weighted by Crippen LogP contribution is -2.04. The predicted octanol–water partition coefficient (Wildman–Crippen LogP) is 8.70. The Morgan fingerprint density at radius 3 is 1.23 bits per heavy atom. The Bertz CT molecular complexity index is 908. The molecular weight excluding hydrogens is 374 g/mol. The van der Waals surface area contributed by atoms with Gasteiger partial charge >= 0.3 is 0 Å². The van der Waals surface area contributed by atoms with Gasteiger partial charge in [-0.2, -0.15) is 0 Å². The minimum absolute atomic E-state index is 0.752. The Kier molecular flexibility index (Phi) is 6.11. The molecule has 5 rings (SSSR count). The van der Waals surface area contributed by atoms with Gasteiger partial charge in [0.05, 0.1) is 0 Å². The van der Waals surface area contributed by atoms with Gasteiger partial charge in [0.2, 0.25) is 0 Å². The first kappa shape index (κ1) is 20.4. The molecule has 160 valence electrons. The smallest absolute Gasteiger partial charge is 0.0326 e. The summed E-state index contributed by atoms with van der Waals surface area (Å²) in [5, 5.41) is 0. The summed E-state index contributed by atoms with van der Waals surface area (Å²) < 4.78 is 0. The molecule has 0 heterocycles. The summed E-state index contributed by atoms with van der Waals surface area (Å²) in [4.78, 5) is 0. The first-order valence-corrected chi connectivity index (χ1v) is 12.4. The molecule has 0 spiro atoms. The average molecular weight is 410 g/mol. The summed E-state index contributed by atoms with van der Waals surface area (Å²) in [5.74, 6) is 1.50. The minimum atomic E-state index is 0.752. The van der Waals surface area contributed by atoms with Gasteiger partial charge in [0, 0.05) is 5.69 Å². The number of hydrogen-bond acceptors (Lipinski definition) is 1. The lowest BCUT2D eigenvalue weighted by Gasteiger charge is -2.22. The molecule has 31 heavy (non-hydrogen) atoms. The first-order chi connectivity index (χ1) is 15.3. The molecule has 0 bridgehead atoms. The fourth-order valence-corrected chi connectivity index (χ4v) is 5.75. The second-order valence-electron chi connectivity index (χ2n) is 9.76. The Labute approximate surface area is 187 Å². The van der Waals surface area contributed by atoms with E-state index in [0.717, 1.165) is 17.5 Å². The van der Waals surface area contributed by atoms with Gasteiger partial charge in [-0.3, -0.25) is 0 Å². The maximum absolute atomic E-state index is 6.33. The highest BCUT2D eigenvalue weighted by atomic mass is 14.5. The lowest BCUT2D eigenvalue weighted by molar-refractivity contribution is 0.443. The van der Waals surface area contributed by atoms with Crippen LogP contribution in [0.2, 0.25) is 0 Å². The van der Waals surface area contributed by atoms with Crippen LogP contribution in [0, 0.1) is 0 Å². The Morgan fingerprint density at radius 1 is 0.452 bits per heavy atom. The van der Waals surface area contributed by atoms with Crippen molar-refractivity contribution in [2.24, 2.45) is 0 Å². The van der Waals surface area contributed by atoms with Crippen LogP contribution in [0.4, 0.5) is 5.69 Å². The van der Waals surface area contributed by atoms with Crippen molar-refractivity contribution < 1.29 is 0 Å². The molecule has 1 nitrogen and oxygen atoms in total. The van der Waals surface area contributed by atoms with Crippen LogP contribution in [0.5, 0.6) is 0 Å². The van der Waals surface area contributed by atoms with E-state index in [4.69, 9.17) is 5.73 Å². The van der Waals surface area contributed by atoms with E-state index in [9.17, 15) is 0 Å². The summed E-state index contributed by atoms with van der Waals surface area (Å²) >= 11 is 0. The minimum Gasteiger partial charge on any atom is -0.399 e. The van der Waals surface area contributed by atoms with E-state index in [1.165, 1.54) is 97.6 Å². The fraction of sp³-hybridized carbons (Fsp3) is 0.400. The van der Waals surface area contributed by atoms with Crippen LogP contribution >= 0.6 is 0 Å². The van der Waals surface area contributed by atoms with Crippen molar-refractivity contribution in [3.63, 3.8) is 0 Å². The van der Waals surface area contributed by atoms with Crippen LogP contribution in [0.1, 0.15) is 87.2 Å². The van der Waals surface area contributed by atoms with E-state index in [-0.39, 0.29) is 0 Å². The van der Waals surface area contributed by atoms with Gasteiger partial charge in [0.15, 0.2) is 0 Å². The molecule has 2 saturated carbocycles. The van der Waals surface area contributed by atoms with Crippen molar-refractivity contribution in [1.29, 1.82) is 0 Å². The van der Waals surface area contributed by atoms with Gasteiger partial charge in [-0.1, -0.05) is 87.1 Å². The van der Waals surface area contributed by atoms with Crippen molar-refractivity contribution in [3.8, 4) is 22.3 Å². The normalized spacial score (nSPS) is 18.2. The average Bonchev–Trinajstić information content (AvgIpc) is 2.85. The maximum atomic E-state index is 6.33. The molecule has 2 fully saturated rings. The summed E-state index contributed by atoms with van der Waals surface area (Å²) in [7, 11) is 0. The molecule has 0 saturated heterocycles. The van der Waals surface area contributed by atoms with Crippen molar-refractivity contribution in [2.45, 2.75) is 76.0 Å². The third-order valence-corrected chi connectivity index (χ3v) is 7.60. The molecule has 2 N–H and O–H groups in total. The Balaban J connectivity index is 1.37. The molecule has 3 aromatic carbocycles. The van der Waals surface area contributed by atoms with Crippen LogP contribution in [0.25, 0.3) is 22.3 Å². The van der Waals surface area contributed by atoms with Gasteiger partial charge in [0.25, 0.3) is 0 Å². The molecule has 0 unspecified atom stereocenters. The van der Waals surface area contributed by atoms with E-state index >= 15 is 0 Å². The van der Waals surface area contributed by atoms with Gasteiger partial charge in [-0.25, -0.2) is 0 Å². The maximum Gasteiger partial charge on any atom is 0.0326 e. The van der Waals surface area contributed by atoms with Crippen LogP contribution < -0.4 is 5.73 Å². The highest BCUT2D eigenvalue weighted by molar-refractivity contribution is 5.77. The summed E-state index contributed by atoms with van der Waals surface area (Å²) in [5.41, 5.74) is 15.1. The standard InChI is InChI=1S/C30H35N/c31-30-20-28(26-15-11-24(12-16-26)22-7-3-1-4-8-22)19-29(21-30)27-17-13-25(14-18-27)23-9-5-2-6-10-23/h11-23H,1-10,31H2.